The van der Waals surface area contributed by atoms with Gasteiger partial charge in [0.25, 0.3) is 0 Å². The van der Waals surface area contributed by atoms with Crippen molar-refractivity contribution in [2.24, 2.45) is 10.2 Å². The maximum atomic E-state index is 5.68. The van der Waals surface area contributed by atoms with Gasteiger partial charge in [-0.05, 0) is 54.8 Å². The third-order valence-electron chi connectivity index (χ3n) is 6.01. The first-order valence-corrected chi connectivity index (χ1v) is 12.9. The first kappa shape index (κ1) is 26.3. The lowest BCUT2D eigenvalue weighted by Crippen LogP contribution is -2.32. The van der Waals surface area contributed by atoms with Gasteiger partial charge in [-0.15, -0.1) is 0 Å². The SMILES string of the molecule is CCCCCCCCc1ccc(N=Nc2ccc(N3CCOCCOCCOCC3)cc2)cc1. The molecule has 1 aliphatic heterocycles. The normalized spacial score (nSPS) is 16.3. The average molecular weight is 468 g/mol. The van der Waals surface area contributed by atoms with Crippen LogP contribution in [-0.4, -0.2) is 52.7 Å². The number of hydrogen-bond acceptors (Lipinski definition) is 6. The third-order valence-corrected chi connectivity index (χ3v) is 6.01. The number of anilines is 1. The van der Waals surface area contributed by atoms with Gasteiger partial charge in [0.05, 0.1) is 51.0 Å². The van der Waals surface area contributed by atoms with E-state index in [0.29, 0.717) is 39.6 Å². The van der Waals surface area contributed by atoms with Gasteiger partial charge in [0.2, 0.25) is 0 Å². The molecule has 1 heterocycles. The highest BCUT2D eigenvalue weighted by Crippen LogP contribution is 2.23. The Morgan fingerprint density at radius 3 is 1.71 bits per heavy atom. The zero-order valence-electron chi connectivity index (χ0n) is 20.8. The van der Waals surface area contributed by atoms with Crippen molar-refractivity contribution in [1.82, 2.24) is 0 Å². The van der Waals surface area contributed by atoms with E-state index in [1.807, 2.05) is 12.1 Å². The summed E-state index contributed by atoms with van der Waals surface area (Å²) in [6.45, 7) is 7.69. The highest BCUT2D eigenvalue weighted by atomic mass is 16.5. The van der Waals surface area contributed by atoms with Gasteiger partial charge in [0, 0.05) is 18.8 Å². The van der Waals surface area contributed by atoms with E-state index < -0.39 is 0 Å². The van der Waals surface area contributed by atoms with Crippen LogP contribution in [0.2, 0.25) is 0 Å². The molecule has 0 saturated carbocycles. The highest BCUT2D eigenvalue weighted by molar-refractivity contribution is 5.53. The standard InChI is InChI=1S/C28H41N3O3/c1-2-3-4-5-6-7-8-25-9-11-26(12-10-25)29-30-27-13-15-28(16-14-27)31-17-19-32-21-23-34-24-22-33-20-18-31/h9-16H,2-8,17-24H2,1H3. The Balaban J connectivity index is 1.46. The molecular weight excluding hydrogens is 426 g/mol. The lowest BCUT2D eigenvalue weighted by molar-refractivity contribution is 0.0126. The maximum absolute atomic E-state index is 5.68. The largest absolute Gasteiger partial charge is 0.377 e. The first-order chi connectivity index (χ1) is 16.8. The maximum Gasteiger partial charge on any atom is 0.0858 e. The van der Waals surface area contributed by atoms with Crippen LogP contribution in [0.5, 0.6) is 0 Å². The molecule has 0 aliphatic carbocycles. The van der Waals surface area contributed by atoms with Gasteiger partial charge in [-0.3, -0.25) is 0 Å². The summed E-state index contributed by atoms with van der Waals surface area (Å²) in [6, 6.07) is 16.7. The van der Waals surface area contributed by atoms with Gasteiger partial charge in [-0.2, -0.15) is 10.2 Å². The Hall–Kier alpha value is -2.28. The number of rotatable bonds is 10. The summed E-state index contributed by atoms with van der Waals surface area (Å²) in [5, 5.41) is 8.84. The molecule has 6 nitrogen and oxygen atoms in total. The molecule has 3 rings (SSSR count). The molecule has 186 valence electrons. The van der Waals surface area contributed by atoms with Crippen LogP contribution >= 0.6 is 0 Å². The molecule has 0 amide bonds. The van der Waals surface area contributed by atoms with Crippen molar-refractivity contribution in [3.05, 3.63) is 54.1 Å². The number of ether oxygens (including phenoxy) is 3. The lowest BCUT2D eigenvalue weighted by Gasteiger charge is -2.25. The molecule has 0 N–H and O–H groups in total. The summed E-state index contributed by atoms with van der Waals surface area (Å²) in [7, 11) is 0. The second kappa shape index (κ2) is 16.4. The molecule has 0 bridgehead atoms. The highest BCUT2D eigenvalue weighted by Gasteiger charge is 2.08. The zero-order chi connectivity index (χ0) is 23.7. The monoisotopic (exact) mass is 467 g/mol. The fourth-order valence-electron chi connectivity index (χ4n) is 3.95. The molecule has 1 aliphatic rings. The Kier molecular flexibility index (Phi) is 12.7. The van der Waals surface area contributed by atoms with Gasteiger partial charge < -0.3 is 19.1 Å². The average Bonchev–Trinajstić information content (AvgIpc) is 2.86. The Bertz CT molecular complexity index is 797. The van der Waals surface area contributed by atoms with E-state index in [4.69, 9.17) is 14.2 Å². The van der Waals surface area contributed by atoms with Crippen LogP contribution in [0.25, 0.3) is 0 Å². The smallest absolute Gasteiger partial charge is 0.0858 e. The van der Waals surface area contributed by atoms with Gasteiger partial charge in [-0.1, -0.05) is 51.2 Å². The molecule has 0 spiro atoms. The molecule has 0 aromatic heterocycles. The van der Waals surface area contributed by atoms with Gasteiger partial charge in [0.1, 0.15) is 0 Å². The molecule has 1 fully saturated rings. The molecular formula is C28H41N3O3. The van der Waals surface area contributed by atoms with Crippen LogP contribution < -0.4 is 4.90 Å². The predicted octanol–water partition coefficient (Wildman–Crippen LogP) is 6.87. The van der Waals surface area contributed by atoms with E-state index >= 15 is 0 Å². The topological polar surface area (TPSA) is 55.7 Å². The fourth-order valence-corrected chi connectivity index (χ4v) is 3.95. The van der Waals surface area contributed by atoms with Crippen LogP contribution in [0.1, 0.15) is 51.0 Å². The minimum Gasteiger partial charge on any atom is -0.377 e. The Morgan fingerprint density at radius 2 is 1.12 bits per heavy atom. The molecule has 2 aromatic carbocycles. The number of azo groups is 1. The van der Waals surface area contributed by atoms with Crippen molar-refractivity contribution in [2.75, 3.05) is 57.6 Å². The molecule has 0 atom stereocenters. The zero-order valence-corrected chi connectivity index (χ0v) is 20.8. The summed E-state index contributed by atoms with van der Waals surface area (Å²) < 4.78 is 16.8. The second-order valence-electron chi connectivity index (χ2n) is 8.72. The van der Waals surface area contributed by atoms with Gasteiger partial charge >= 0.3 is 0 Å². The van der Waals surface area contributed by atoms with Crippen molar-refractivity contribution < 1.29 is 14.2 Å². The number of unbranched alkanes of at least 4 members (excludes halogenated alkanes) is 5. The minimum absolute atomic E-state index is 0.616. The number of nitrogens with zero attached hydrogens (tertiary/aromatic N) is 3. The summed E-state index contributed by atoms with van der Waals surface area (Å²) in [6.07, 6.45) is 9.12. The van der Waals surface area contributed by atoms with Crippen LogP contribution in [0, 0.1) is 0 Å². The van der Waals surface area contributed by atoms with Crippen molar-refractivity contribution in [3.8, 4) is 0 Å². The Labute approximate surface area is 205 Å². The van der Waals surface area contributed by atoms with Crippen molar-refractivity contribution in [2.45, 2.75) is 51.9 Å². The van der Waals surface area contributed by atoms with Gasteiger partial charge in [-0.25, -0.2) is 0 Å². The number of hydrogen-bond donors (Lipinski definition) is 0. The molecule has 34 heavy (non-hydrogen) atoms. The molecule has 2 aromatic rings. The lowest BCUT2D eigenvalue weighted by atomic mass is 10.0. The molecule has 0 radical (unpaired) electrons. The third kappa shape index (κ3) is 10.3. The minimum atomic E-state index is 0.616. The molecule has 1 saturated heterocycles. The number of benzene rings is 2. The summed E-state index contributed by atoms with van der Waals surface area (Å²) in [4.78, 5) is 2.28. The van der Waals surface area contributed by atoms with E-state index in [-0.39, 0.29) is 0 Å². The van der Waals surface area contributed by atoms with Crippen molar-refractivity contribution in [3.63, 3.8) is 0 Å². The van der Waals surface area contributed by atoms with E-state index in [0.717, 1.165) is 36.6 Å². The Morgan fingerprint density at radius 1 is 0.618 bits per heavy atom. The second-order valence-corrected chi connectivity index (χ2v) is 8.72. The van der Waals surface area contributed by atoms with E-state index in [1.54, 1.807) is 0 Å². The van der Waals surface area contributed by atoms with E-state index in [2.05, 4.69) is 58.5 Å². The number of aryl methyl sites for hydroxylation is 1. The van der Waals surface area contributed by atoms with Crippen LogP contribution in [0.3, 0.4) is 0 Å². The summed E-state index contributed by atoms with van der Waals surface area (Å²) >= 11 is 0. The van der Waals surface area contributed by atoms with Crippen LogP contribution in [0.15, 0.2) is 58.8 Å². The van der Waals surface area contributed by atoms with Crippen LogP contribution in [0.4, 0.5) is 17.1 Å². The van der Waals surface area contributed by atoms with Crippen molar-refractivity contribution in [1.29, 1.82) is 0 Å². The van der Waals surface area contributed by atoms with E-state index in [1.165, 1.54) is 44.1 Å². The summed E-state index contributed by atoms with van der Waals surface area (Å²) in [5.74, 6) is 0. The quantitative estimate of drug-likeness (QED) is 0.282. The molecule has 6 heteroatoms. The molecule has 0 unspecified atom stereocenters. The summed E-state index contributed by atoms with van der Waals surface area (Å²) in [5.41, 5.74) is 4.25. The first-order valence-electron chi connectivity index (χ1n) is 12.9. The van der Waals surface area contributed by atoms with Crippen molar-refractivity contribution >= 4 is 17.1 Å². The fraction of sp³-hybridized carbons (Fsp3) is 0.571. The van der Waals surface area contributed by atoms with Gasteiger partial charge in [0.15, 0.2) is 0 Å². The van der Waals surface area contributed by atoms with Crippen LogP contribution in [-0.2, 0) is 20.6 Å². The van der Waals surface area contributed by atoms with E-state index in [9.17, 15) is 0 Å². The predicted molar refractivity (Wildman–Crippen MR) is 139 cm³/mol.